The number of carbonyl (C=O) groups is 4. The number of nitrogens with zero attached hydrogens (tertiary/aromatic N) is 1. The number of methoxy groups -OCH3 is 3. The molecule has 1 aliphatic rings. The van der Waals surface area contributed by atoms with Crippen LogP contribution in [-0.4, -0.2) is 55.9 Å². The van der Waals surface area contributed by atoms with Crippen LogP contribution >= 0.6 is 34.4 Å². The fourth-order valence-corrected chi connectivity index (χ4v) is 4.39. The number of benzene rings is 1. The van der Waals surface area contributed by atoms with E-state index in [1.165, 1.54) is 33.5 Å². The lowest BCUT2D eigenvalue weighted by Gasteiger charge is -2.13. The molecule has 1 saturated heterocycles. The first-order chi connectivity index (χ1) is 15.8. The molecule has 0 aliphatic carbocycles. The molecule has 1 aromatic carbocycles. The van der Waals surface area contributed by atoms with Gasteiger partial charge in [0.05, 0.1) is 36.3 Å². The number of carbonyl (C=O) groups excluding carboxylic acids is 4. The molecule has 2 amide bonds. The van der Waals surface area contributed by atoms with E-state index >= 15 is 0 Å². The van der Waals surface area contributed by atoms with E-state index in [4.69, 9.17) is 13.9 Å². The maximum Gasteiger partial charge on any atom is 0.373 e. The number of thioether (sulfide) groups is 1. The molecular weight excluding hydrogens is 569 g/mol. The SMILES string of the molecule is COC(=O)COc1c(I)cc(/C=C2/SC(=O)N(Cc3ccc(C(=O)OC)o3)C2=O)cc1OC. The zero-order chi connectivity index (χ0) is 24.1. The quantitative estimate of drug-likeness (QED) is 0.258. The molecular formula is C21H18INO9S. The summed E-state index contributed by atoms with van der Waals surface area (Å²) in [5.74, 6) is -0.747. The molecule has 0 unspecified atom stereocenters. The average molecular weight is 587 g/mol. The first-order valence-corrected chi connectivity index (χ1v) is 11.2. The first kappa shape index (κ1) is 24.6. The van der Waals surface area contributed by atoms with E-state index in [1.54, 1.807) is 18.2 Å². The van der Waals surface area contributed by atoms with Gasteiger partial charge in [0, 0.05) is 0 Å². The van der Waals surface area contributed by atoms with Gasteiger partial charge in [-0.3, -0.25) is 14.5 Å². The fraction of sp³-hybridized carbons (Fsp3) is 0.238. The zero-order valence-electron chi connectivity index (χ0n) is 17.7. The zero-order valence-corrected chi connectivity index (χ0v) is 20.7. The predicted octanol–water partition coefficient (Wildman–Crippen LogP) is 3.47. The van der Waals surface area contributed by atoms with Crippen molar-refractivity contribution in [3.8, 4) is 11.5 Å². The molecule has 2 aromatic rings. The fourth-order valence-electron chi connectivity index (χ4n) is 2.77. The molecule has 10 nitrogen and oxygen atoms in total. The van der Waals surface area contributed by atoms with Crippen molar-refractivity contribution in [3.63, 3.8) is 0 Å². The van der Waals surface area contributed by atoms with Crippen LogP contribution in [0.25, 0.3) is 6.08 Å². The minimum atomic E-state index is -0.655. The van der Waals surface area contributed by atoms with Gasteiger partial charge in [0.1, 0.15) is 5.76 Å². The topological polar surface area (TPSA) is 122 Å². The van der Waals surface area contributed by atoms with Crippen molar-refractivity contribution in [1.29, 1.82) is 0 Å². The lowest BCUT2D eigenvalue weighted by molar-refractivity contribution is -0.143. The van der Waals surface area contributed by atoms with Crippen LogP contribution in [0.3, 0.4) is 0 Å². The van der Waals surface area contributed by atoms with E-state index in [-0.39, 0.29) is 29.6 Å². The van der Waals surface area contributed by atoms with Crippen LogP contribution in [0.15, 0.2) is 33.6 Å². The van der Waals surface area contributed by atoms with Crippen molar-refractivity contribution in [2.45, 2.75) is 6.54 Å². The number of amides is 2. The third-order valence-electron chi connectivity index (χ3n) is 4.35. The maximum atomic E-state index is 12.8. The van der Waals surface area contributed by atoms with Gasteiger partial charge in [-0.25, -0.2) is 9.59 Å². The van der Waals surface area contributed by atoms with Crippen LogP contribution in [0, 0.1) is 3.57 Å². The minimum absolute atomic E-state index is 0.0220. The van der Waals surface area contributed by atoms with Crippen LogP contribution in [0.5, 0.6) is 11.5 Å². The second kappa shape index (κ2) is 10.7. The third-order valence-corrected chi connectivity index (χ3v) is 6.06. The summed E-state index contributed by atoms with van der Waals surface area (Å²) in [5.41, 5.74) is 0.596. The van der Waals surface area contributed by atoms with E-state index in [1.807, 2.05) is 22.6 Å². The standard InChI is InChI=1S/C21H18INO9S/c1-28-15-7-11(6-13(22)18(15)31-10-17(24)29-2)8-16-19(25)23(21(27)33-16)9-12-4-5-14(32-12)20(26)30-3/h4-8H,9-10H2,1-3H3/b16-8+. The number of hydrogen-bond donors (Lipinski definition) is 0. The van der Waals surface area contributed by atoms with E-state index in [0.29, 0.717) is 20.6 Å². The van der Waals surface area contributed by atoms with Crippen LogP contribution < -0.4 is 9.47 Å². The van der Waals surface area contributed by atoms with Gasteiger partial charge in [-0.2, -0.15) is 0 Å². The van der Waals surface area contributed by atoms with Gasteiger partial charge in [-0.05, 0) is 70.3 Å². The Balaban J connectivity index is 1.79. The monoisotopic (exact) mass is 587 g/mol. The molecule has 0 spiro atoms. The van der Waals surface area contributed by atoms with Crippen molar-refractivity contribution in [2.24, 2.45) is 0 Å². The molecule has 174 valence electrons. The van der Waals surface area contributed by atoms with Gasteiger partial charge in [0.15, 0.2) is 18.1 Å². The summed E-state index contributed by atoms with van der Waals surface area (Å²) < 4.78 is 25.9. The highest BCUT2D eigenvalue weighted by molar-refractivity contribution is 14.1. The summed E-state index contributed by atoms with van der Waals surface area (Å²) in [6.07, 6.45) is 1.56. The number of ether oxygens (including phenoxy) is 4. The lowest BCUT2D eigenvalue weighted by Crippen LogP contribution is -2.27. The van der Waals surface area contributed by atoms with Gasteiger partial charge >= 0.3 is 11.9 Å². The lowest BCUT2D eigenvalue weighted by atomic mass is 10.2. The smallest absolute Gasteiger partial charge is 0.373 e. The summed E-state index contributed by atoms with van der Waals surface area (Å²) in [7, 11) is 3.92. The van der Waals surface area contributed by atoms with Crippen LogP contribution in [0.2, 0.25) is 0 Å². The number of esters is 2. The summed E-state index contributed by atoms with van der Waals surface area (Å²) in [6, 6.07) is 6.25. The van der Waals surface area contributed by atoms with Gasteiger partial charge in [-0.1, -0.05) is 0 Å². The number of imide groups is 1. The van der Waals surface area contributed by atoms with Crippen molar-refractivity contribution in [3.05, 3.63) is 49.8 Å². The maximum absolute atomic E-state index is 12.8. The van der Waals surface area contributed by atoms with Crippen LogP contribution in [-0.2, 0) is 25.6 Å². The molecule has 1 aliphatic heterocycles. The Hall–Kier alpha value is -3.00. The van der Waals surface area contributed by atoms with E-state index < -0.39 is 23.1 Å². The molecule has 2 heterocycles. The van der Waals surface area contributed by atoms with E-state index in [9.17, 15) is 19.2 Å². The van der Waals surface area contributed by atoms with Gasteiger partial charge in [-0.15, -0.1) is 0 Å². The second-order valence-electron chi connectivity index (χ2n) is 6.42. The molecule has 1 aromatic heterocycles. The Labute approximate surface area is 206 Å². The van der Waals surface area contributed by atoms with Gasteiger partial charge in [0.2, 0.25) is 5.76 Å². The Morgan fingerprint density at radius 3 is 2.58 bits per heavy atom. The average Bonchev–Trinajstić information content (AvgIpc) is 3.37. The summed E-state index contributed by atoms with van der Waals surface area (Å²) in [6.45, 7) is -0.411. The highest BCUT2D eigenvalue weighted by atomic mass is 127. The van der Waals surface area contributed by atoms with Crippen molar-refractivity contribution in [1.82, 2.24) is 4.90 Å². The Bertz CT molecular complexity index is 1140. The van der Waals surface area contributed by atoms with Crippen LogP contribution in [0.1, 0.15) is 21.9 Å². The summed E-state index contributed by atoms with van der Waals surface area (Å²) in [5, 5.41) is -0.470. The van der Waals surface area contributed by atoms with Crippen molar-refractivity contribution >= 4 is 63.5 Å². The number of furan rings is 1. The molecule has 0 bridgehead atoms. The third kappa shape index (κ3) is 5.68. The number of hydrogen-bond acceptors (Lipinski definition) is 10. The Kier molecular flexibility index (Phi) is 8.02. The molecule has 0 N–H and O–H groups in total. The Morgan fingerprint density at radius 2 is 1.91 bits per heavy atom. The minimum Gasteiger partial charge on any atom is -0.493 e. The van der Waals surface area contributed by atoms with Gasteiger partial charge < -0.3 is 23.4 Å². The van der Waals surface area contributed by atoms with E-state index in [0.717, 1.165) is 16.7 Å². The second-order valence-corrected chi connectivity index (χ2v) is 8.58. The molecule has 0 radical (unpaired) electrons. The Morgan fingerprint density at radius 1 is 1.15 bits per heavy atom. The highest BCUT2D eigenvalue weighted by Crippen LogP contribution is 2.37. The van der Waals surface area contributed by atoms with Gasteiger partial charge in [0.25, 0.3) is 11.1 Å². The molecule has 3 rings (SSSR count). The molecule has 0 saturated carbocycles. The van der Waals surface area contributed by atoms with E-state index in [2.05, 4.69) is 9.47 Å². The van der Waals surface area contributed by atoms with Crippen LogP contribution in [0.4, 0.5) is 4.79 Å². The number of halogens is 1. The summed E-state index contributed by atoms with van der Waals surface area (Å²) in [4.78, 5) is 49.3. The molecule has 1 fully saturated rings. The van der Waals surface area contributed by atoms with Crippen molar-refractivity contribution in [2.75, 3.05) is 27.9 Å². The molecule has 12 heteroatoms. The predicted molar refractivity (Wildman–Crippen MR) is 125 cm³/mol. The first-order valence-electron chi connectivity index (χ1n) is 9.27. The normalized spacial score (nSPS) is 14.5. The van der Waals surface area contributed by atoms with Crippen molar-refractivity contribution < 1.29 is 42.5 Å². The largest absolute Gasteiger partial charge is 0.493 e. The summed E-state index contributed by atoms with van der Waals surface area (Å²) >= 11 is 2.80. The highest BCUT2D eigenvalue weighted by Gasteiger charge is 2.36. The number of rotatable bonds is 8. The molecule has 33 heavy (non-hydrogen) atoms. The molecule has 0 atom stereocenters.